The minimum Gasteiger partial charge on any atom is -0.378 e. The number of nitrogens with one attached hydrogen (secondary N) is 2. The first-order chi connectivity index (χ1) is 25.4. The van der Waals surface area contributed by atoms with Gasteiger partial charge in [-0.1, -0.05) is 30.7 Å². The van der Waals surface area contributed by atoms with E-state index in [0.717, 1.165) is 27.9 Å². The lowest BCUT2D eigenvalue weighted by Crippen LogP contribution is -2.37. The van der Waals surface area contributed by atoms with Gasteiger partial charge in [0.2, 0.25) is 5.91 Å². The predicted molar refractivity (Wildman–Crippen MR) is 205 cm³/mol. The molecule has 5 rings (SSSR count). The fraction of sp³-hybridized carbons (Fsp3) is 0.0526. The third kappa shape index (κ3) is 8.27. The quantitative estimate of drug-likeness (QED) is 0.0209. The summed E-state index contributed by atoms with van der Waals surface area (Å²) in [5, 5.41) is 18.6. The molecular formula is C38H32N10O5. The molecule has 15 heteroatoms. The Bertz CT molecular complexity index is 2320. The molecule has 0 unspecified atom stereocenters. The van der Waals surface area contributed by atoms with Crippen LogP contribution in [0.2, 0.25) is 0 Å². The molecule has 0 spiro atoms. The maximum absolute atomic E-state index is 13.9. The number of nitroso groups, excluding NO2 is 1. The summed E-state index contributed by atoms with van der Waals surface area (Å²) in [6.45, 7) is 6.82. The highest BCUT2D eigenvalue weighted by Crippen LogP contribution is 2.41. The topological polar surface area (TPSA) is 208 Å². The number of rotatable bonds is 12. The van der Waals surface area contributed by atoms with E-state index in [0.29, 0.717) is 16.8 Å². The minimum atomic E-state index is -0.810. The molecule has 0 aromatic heterocycles. The number of carbonyl (C=O) groups is 4. The third-order valence-electron chi connectivity index (χ3n) is 7.75. The Hall–Kier alpha value is -7.54. The van der Waals surface area contributed by atoms with Gasteiger partial charge in [0.05, 0.1) is 22.6 Å². The highest BCUT2D eigenvalue weighted by atomic mass is 16.3. The van der Waals surface area contributed by atoms with Crippen molar-refractivity contribution in [3.05, 3.63) is 137 Å². The standard InChI is InChI=1S/C38H32N10O5/c1-5-33(49)41-27-18-24(19-30(22-27)47(39)34(50)6-2)37(51)42-26-11-9-12-29(21-26)48(40)38(52)32-20-23-10-7-8-13-31(23)35(36(32)45-53)44-43-25-14-16-28(17-15-25)46(3)4/h5-6,9-22H,1-2,39-40H2,3-4H3,(H,41,49)(H,42,51). The van der Waals surface area contributed by atoms with Gasteiger partial charge in [-0.25, -0.2) is 21.7 Å². The Morgan fingerprint density at radius 1 is 0.755 bits per heavy atom. The highest BCUT2D eigenvalue weighted by molar-refractivity contribution is 6.12. The van der Waals surface area contributed by atoms with Crippen molar-refractivity contribution in [3.8, 4) is 0 Å². The smallest absolute Gasteiger partial charge is 0.274 e. The average molecular weight is 709 g/mol. The van der Waals surface area contributed by atoms with Crippen molar-refractivity contribution in [3.63, 3.8) is 0 Å². The summed E-state index contributed by atoms with van der Waals surface area (Å²) in [5.74, 6) is 9.54. The number of azo groups is 1. The van der Waals surface area contributed by atoms with Crippen LogP contribution in [-0.4, -0.2) is 37.7 Å². The first-order valence-corrected chi connectivity index (χ1v) is 15.6. The fourth-order valence-electron chi connectivity index (χ4n) is 5.04. The number of fused-ring (bicyclic) bond motifs is 1. The van der Waals surface area contributed by atoms with Crippen molar-refractivity contribution in [1.29, 1.82) is 0 Å². The van der Waals surface area contributed by atoms with Gasteiger partial charge >= 0.3 is 0 Å². The van der Waals surface area contributed by atoms with E-state index in [4.69, 9.17) is 11.7 Å². The molecule has 1 aliphatic carbocycles. The average Bonchev–Trinajstić information content (AvgIpc) is 3.18. The zero-order chi connectivity index (χ0) is 38.2. The second-order valence-corrected chi connectivity index (χ2v) is 11.5. The molecule has 0 bridgehead atoms. The van der Waals surface area contributed by atoms with Gasteiger partial charge < -0.3 is 15.5 Å². The van der Waals surface area contributed by atoms with E-state index in [-0.39, 0.29) is 45.3 Å². The number of hydrogen-bond acceptors (Lipinski definition) is 11. The van der Waals surface area contributed by atoms with Gasteiger partial charge in [0.1, 0.15) is 11.4 Å². The van der Waals surface area contributed by atoms with Gasteiger partial charge in [0, 0.05) is 42.3 Å². The summed E-state index contributed by atoms with van der Waals surface area (Å²) in [6.07, 6.45) is 5.15. The van der Waals surface area contributed by atoms with E-state index < -0.39 is 23.6 Å². The number of anilines is 5. The van der Waals surface area contributed by atoms with Gasteiger partial charge in [-0.05, 0) is 102 Å². The Morgan fingerprint density at radius 3 is 2.15 bits per heavy atom. The Balaban J connectivity index is 1.45. The molecule has 264 valence electrons. The Labute approximate surface area is 303 Å². The summed E-state index contributed by atoms with van der Waals surface area (Å²) in [6, 6.07) is 18.8. The van der Waals surface area contributed by atoms with E-state index >= 15 is 0 Å². The normalized spacial score (nSPS) is 11.0. The summed E-state index contributed by atoms with van der Waals surface area (Å²) in [4.78, 5) is 65.8. The van der Waals surface area contributed by atoms with Gasteiger partial charge in [0.25, 0.3) is 17.7 Å². The number of carbonyl (C=O) groups excluding carboxylic acids is 4. The van der Waals surface area contributed by atoms with Crippen LogP contribution in [0.3, 0.4) is 0 Å². The zero-order valence-electron chi connectivity index (χ0n) is 28.5. The van der Waals surface area contributed by atoms with Crippen molar-refractivity contribution in [2.75, 3.05) is 39.6 Å². The van der Waals surface area contributed by atoms with Crippen LogP contribution in [0, 0.1) is 4.91 Å². The molecule has 0 aliphatic heterocycles. The Morgan fingerprint density at radius 2 is 1.47 bits per heavy atom. The maximum atomic E-state index is 13.9. The Kier molecular flexibility index (Phi) is 11.1. The zero-order valence-corrected chi connectivity index (χ0v) is 28.5. The number of benzene rings is 4. The predicted octanol–water partition coefficient (Wildman–Crippen LogP) is 6.65. The number of nitrogens with zero attached hydrogens (tertiary/aromatic N) is 6. The summed E-state index contributed by atoms with van der Waals surface area (Å²) in [5.41, 5.74) is 8.26. The van der Waals surface area contributed by atoms with Crippen LogP contribution < -0.4 is 37.2 Å². The first kappa shape index (κ1) is 36.7. The van der Waals surface area contributed by atoms with Crippen molar-refractivity contribution in [2.24, 2.45) is 27.1 Å². The number of amides is 4. The van der Waals surface area contributed by atoms with Gasteiger partial charge in [-0.3, -0.25) is 19.2 Å². The van der Waals surface area contributed by atoms with Crippen LogP contribution in [-0.2, 0) is 9.59 Å². The van der Waals surface area contributed by atoms with Crippen LogP contribution in [0.4, 0.5) is 45.5 Å². The van der Waals surface area contributed by atoms with Crippen LogP contribution in [0.15, 0.2) is 125 Å². The van der Waals surface area contributed by atoms with Crippen molar-refractivity contribution >= 4 is 81.3 Å². The van der Waals surface area contributed by atoms with Crippen molar-refractivity contribution in [1.82, 2.24) is 0 Å². The van der Waals surface area contributed by atoms with Gasteiger partial charge in [0.15, 0.2) is 0 Å². The number of hydrazine groups is 2. The first-order valence-electron chi connectivity index (χ1n) is 15.6. The molecule has 0 saturated carbocycles. The van der Waals surface area contributed by atoms with E-state index in [9.17, 15) is 24.1 Å². The van der Waals surface area contributed by atoms with Crippen molar-refractivity contribution < 1.29 is 19.2 Å². The molecule has 53 heavy (non-hydrogen) atoms. The third-order valence-corrected chi connectivity index (χ3v) is 7.75. The minimum absolute atomic E-state index is 0.0162. The number of nitrogens with two attached hydrogens (primary N) is 2. The monoisotopic (exact) mass is 708 g/mol. The lowest BCUT2D eigenvalue weighted by atomic mass is 9.97. The molecule has 0 fully saturated rings. The second-order valence-electron chi connectivity index (χ2n) is 11.5. The molecular weight excluding hydrogens is 676 g/mol. The SMILES string of the molecule is C=CC(=O)Nc1cc(C(=O)Nc2cccc(N(N)C(=O)c3cc4c(c(N=Nc5ccc(N(C)C)cc5)c3N=O)C=C=C=C4)c2)cc(N(N)C(=O)C=C)c1. The van der Waals surface area contributed by atoms with E-state index in [1.165, 1.54) is 36.4 Å². The highest BCUT2D eigenvalue weighted by Gasteiger charge is 2.26. The molecule has 0 atom stereocenters. The van der Waals surface area contributed by atoms with Crippen LogP contribution >= 0.6 is 0 Å². The lowest BCUT2D eigenvalue weighted by molar-refractivity contribution is -0.114. The molecule has 6 N–H and O–H groups in total. The van der Waals surface area contributed by atoms with Crippen molar-refractivity contribution in [2.45, 2.75) is 0 Å². The molecule has 4 aromatic carbocycles. The molecule has 0 saturated heterocycles. The fourth-order valence-corrected chi connectivity index (χ4v) is 5.04. The number of hydrogen-bond donors (Lipinski definition) is 4. The second kappa shape index (κ2) is 16.0. The van der Waals surface area contributed by atoms with E-state index in [1.54, 1.807) is 36.4 Å². The molecule has 4 aromatic rings. The van der Waals surface area contributed by atoms with E-state index in [1.807, 2.05) is 31.1 Å². The molecule has 4 amide bonds. The molecule has 15 nitrogen and oxygen atoms in total. The molecule has 1 aliphatic rings. The largest absolute Gasteiger partial charge is 0.378 e. The van der Waals surface area contributed by atoms with Crippen LogP contribution in [0.1, 0.15) is 31.8 Å². The van der Waals surface area contributed by atoms with Gasteiger partial charge in [-0.2, -0.15) is 5.11 Å². The lowest BCUT2D eigenvalue weighted by Gasteiger charge is -2.20. The molecule has 0 radical (unpaired) electrons. The van der Waals surface area contributed by atoms with Gasteiger partial charge in [-0.15, -0.1) is 10.0 Å². The van der Waals surface area contributed by atoms with Crippen LogP contribution in [0.25, 0.3) is 12.2 Å². The molecule has 0 heterocycles. The summed E-state index contributed by atoms with van der Waals surface area (Å²) in [7, 11) is 3.81. The summed E-state index contributed by atoms with van der Waals surface area (Å²) >= 11 is 0. The maximum Gasteiger partial charge on any atom is 0.274 e. The summed E-state index contributed by atoms with van der Waals surface area (Å²) < 4.78 is 0. The van der Waals surface area contributed by atoms with E-state index in [2.05, 4.69) is 50.7 Å². The van der Waals surface area contributed by atoms with Crippen LogP contribution in [0.5, 0.6) is 0 Å².